The van der Waals surface area contributed by atoms with Crippen molar-refractivity contribution in [2.75, 3.05) is 13.7 Å². The largest absolute Gasteiger partial charge is 0.483 e. The maximum Gasteiger partial charge on any atom is 0.149 e. The van der Waals surface area contributed by atoms with Gasteiger partial charge in [-0.15, -0.1) is 0 Å². The summed E-state index contributed by atoms with van der Waals surface area (Å²) >= 11 is 0. The lowest BCUT2D eigenvalue weighted by atomic mass is 9.94. The van der Waals surface area contributed by atoms with Crippen LogP contribution in [-0.2, 0) is 4.74 Å². The Kier molecular flexibility index (Phi) is 2.21. The van der Waals surface area contributed by atoms with E-state index in [2.05, 4.69) is 0 Å². The molecule has 0 saturated carbocycles. The number of para-hydroxylation sites is 1. The van der Waals surface area contributed by atoms with E-state index in [0.717, 1.165) is 11.3 Å². The van der Waals surface area contributed by atoms with Crippen molar-refractivity contribution in [1.29, 1.82) is 0 Å². The first kappa shape index (κ1) is 9.49. The molecule has 76 valence electrons. The van der Waals surface area contributed by atoms with Crippen molar-refractivity contribution in [3.63, 3.8) is 0 Å². The van der Waals surface area contributed by atoms with Gasteiger partial charge in [0.25, 0.3) is 0 Å². The lowest BCUT2D eigenvalue weighted by molar-refractivity contribution is 0.00376. The van der Waals surface area contributed by atoms with Gasteiger partial charge in [0.05, 0.1) is 12.6 Å². The summed E-state index contributed by atoms with van der Waals surface area (Å²) < 4.78 is 10.9. The van der Waals surface area contributed by atoms with Crippen molar-refractivity contribution in [2.45, 2.75) is 18.6 Å². The molecule has 2 rings (SSSR count). The van der Waals surface area contributed by atoms with Crippen LogP contribution < -0.4 is 10.5 Å². The lowest BCUT2D eigenvalue weighted by Crippen LogP contribution is -2.43. The van der Waals surface area contributed by atoms with E-state index in [9.17, 15) is 0 Å². The maximum atomic E-state index is 6.11. The second-order valence-electron chi connectivity index (χ2n) is 3.86. The standard InChI is InChI=1S/C11H15NO2/c1-11(7-13-2)10(12)8-5-3-4-6-9(8)14-11/h3-6,10H,7,12H2,1-2H3. The van der Waals surface area contributed by atoms with Crippen molar-refractivity contribution in [3.05, 3.63) is 29.8 Å². The molecule has 0 spiro atoms. The zero-order valence-electron chi connectivity index (χ0n) is 8.49. The zero-order valence-corrected chi connectivity index (χ0v) is 8.49. The normalized spacial score (nSPS) is 29.8. The highest BCUT2D eigenvalue weighted by Gasteiger charge is 2.42. The number of ether oxygens (including phenoxy) is 2. The third-order valence-electron chi connectivity index (χ3n) is 2.69. The predicted molar refractivity (Wildman–Crippen MR) is 54.3 cm³/mol. The summed E-state index contributed by atoms with van der Waals surface area (Å²) in [5.41, 5.74) is 6.74. The molecular formula is C11H15NO2. The summed E-state index contributed by atoms with van der Waals surface area (Å²) in [5, 5.41) is 0. The summed E-state index contributed by atoms with van der Waals surface area (Å²) in [6.45, 7) is 2.48. The minimum absolute atomic E-state index is 0.112. The Bertz CT molecular complexity index is 340. The number of fused-ring (bicyclic) bond motifs is 1. The van der Waals surface area contributed by atoms with E-state index in [1.54, 1.807) is 7.11 Å². The van der Waals surface area contributed by atoms with Crippen LogP contribution in [0.15, 0.2) is 24.3 Å². The Labute approximate surface area is 83.8 Å². The van der Waals surface area contributed by atoms with Crippen LogP contribution >= 0.6 is 0 Å². The predicted octanol–water partition coefficient (Wildman–Crippen LogP) is 1.48. The summed E-state index contributed by atoms with van der Waals surface area (Å²) in [6.07, 6.45) is 0. The van der Waals surface area contributed by atoms with E-state index in [1.165, 1.54) is 0 Å². The molecule has 1 heterocycles. The number of hydrogen-bond acceptors (Lipinski definition) is 3. The second kappa shape index (κ2) is 3.26. The minimum atomic E-state index is -0.432. The lowest BCUT2D eigenvalue weighted by Gasteiger charge is -2.27. The molecule has 1 aromatic carbocycles. The molecule has 1 aromatic rings. The van der Waals surface area contributed by atoms with Gasteiger partial charge in [-0.25, -0.2) is 0 Å². The van der Waals surface area contributed by atoms with Gasteiger partial charge in [0, 0.05) is 12.7 Å². The third-order valence-corrected chi connectivity index (χ3v) is 2.69. The Morgan fingerprint density at radius 2 is 2.21 bits per heavy atom. The molecular weight excluding hydrogens is 178 g/mol. The molecule has 0 bridgehead atoms. The smallest absolute Gasteiger partial charge is 0.149 e. The van der Waals surface area contributed by atoms with Crippen LogP contribution in [0.4, 0.5) is 0 Å². The van der Waals surface area contributed by atoms with E-state index in [-0.39, 0.29) is 6.04 Å². The highest BCUT2D eigenvalue weighted by Crippen LogP contribution is 2.41. The molecule has 0 aromatic heterocycles. The highest BCUT2D eigenvalue weighted by molar-refractivity contribution is 5.42. The molecule has 2 unspecified atom stereocenters. The molecule has 14 heavy (non-hydrogen) atoms. The van der Waals surface area contributed by atoms with E-state index in [1.807, 2.05) is 31.2 Å². The van der Waals surface area contributed by atoms with Gasteiger partial charge in [0.1, 0.15) is 11.4 Å². The summed E-state index contributed by atoms with van der Waals surface area (Å²) in [5.74, 6) is 0.875. The maximum absolute atomic E-state index is 6.11. The molecule has 0 amide bonds. The quantitative estimate of drug-likeness (QED) is 0.773. The third kappa shape index (κ3) is 1.29. The first-order valence-corrected chi connectivity index (χ1v) is 4.70. The van der Waals surface area contributed by atoms with Crippen molar-refractivity contribution in [3.8, 4) is 5.75 Å². The van der Waals surface area contributed by atoms with E-state index < -0.39 is 5.60 Å². The van der Waals surface area contributed by atoms with E-state index in [4.69, 9.17) is 15.2 Å². The van der Waals surface area contributed by atoms with Crippen LogP contribution in [0.2, 0.25) is 0 Å². The van der Waals surface area contributed by atoms with Crippen molar-refractivity contribution in [2.24, 2.45) is 5.73 Å². The highest BCUT2D eigenvalue weighted by atomic mass is 16.5. The van der Waals surface area contributed by atoms with Gasteiger partial charge in [-0.2, -0.15) is 0 Å². The summed E-state index contributed by atoms with van der Waals surface area (Å²) in [4.78, 5) is 0. The molecule has 3 nitrogen and oxygen atoms in total. The molecule has 3 heteroatoms. The van der Waals surface area contributed by atoms with Crippen LogP contribution in [0.3, 0.4) is 0 Å². The Morgan fingerprint density at radius 3 is 2.86 bits per heavy atom. The van der Waals surface area contributed by atoms with Gasteiger partial charge < -0.3 is 15.2 Å². The van der Waals surface area contributed by atoms with Gasteiger partial charge in [-0.3, -0.25) is 0 Å². The van der Waals surface area contributed by atoms with Gasteiger partial charge >= 0.3 is 0 Å². The first-order valence-electron chi connectivity index (χ1n) is 4.70. The Hall–Kier alpha value is -1.06. The van der Waals surface area contributed by atoms with Crippen LogP contribution in [0.25, 0.3) is 0 Å². The molecule has 0 aliphatic carbocycles. The van der Waals surface area contributed by atoms with Gasteiger partial charge in [-0.05, 0) is 13.0 Å². The summed E-state index contributed by atoms with van der Waals surface area (Å²) in [7, 11) is 1.66. The fourth-order valence-corrected chi connectivity index (χ4v) is 1.88. The van der Waals surface area contributed by atoms with Crippen molar-refractivity contribution < 1.29 is 9.47 Å². The first-order chi connectivity index (χ1) is 6.67. The van der Waals surface area contributed by atoms with Crippen LogP contribution in [0.5, 0.6) is 5.75 Å². The number of benzene rings is 1. The molecule has 2 atom stereocenters. The number of nitrogens with two attached hydrogens (primary N) is 1. The second-order valence-corrected chi connectivity index (χ2v) is 3.86. The van der Waals surface area contributed by atoms with Crippen LogP contribution in [-0.4, -0.2) is 19.3 Å². The number of hydrogen-bond donors (Lipinski definition) is 1. The molecule has 0 saturated heterocycles. The SMILES string of the molecule is COCC1(C)Oc2ccccc2C1N. The van der Waals surface area contributed by atoms with Crippen molar-refractivity contribution >= 4 is 0 Å². The number of methoxy groups -OCH3 is 1. The molecule has 1 aliphatic rings. The monoisotopic (exact) mass is 193 g/mol. The Balaban J connectivity index is 2.33. The molecule has 2 N–H and O–H groups in total. The van der Waals surface area contributed by atoms with E-state index in [0.29, 0.717) is 6.61 Å². The van der Waals surface area contributed by atoms with Crippen LogP contribution in [0, 0.1) is 0 Å². The van der Waals surface area contributed by atoms with E-state index >= 15 is 0 Å². The van der Waals surface area contributed by atoms with Gasteiger partial charge in [-0.1, -0.05) is 18.2 Å². The minimum Gasteiger partial charge on any atom is -0.483 e. The topological polar surface area (TPSA) is 44.5 Å². The fourth-order valence-electron chi connectivity index (χ4n) is 1.88. The van der Waals surface area contributed by atoms with Crippen molar-refractivity contribution in [1.82, 2.24) is 0 Å². The number of rotatable bonds is 2. The van der Waals surface area contributed by atoms with Gasteiger partial charge in [0.15, 0.2) is 0 Å². The van der Waals surface area contributed by atoms with Crippen LogP contribution in [0.1, 0.15) is 18.5 Å². The summed E-state index contributed by atoms with van der Waals surface area (Å²) in [6, 6.07) is 7.75. The fraction of sp³-hybridized carbons (Fsp3) is 0.455. The average molecular weight is 193 g/mol. The zero-order chi connectivity index (χ0) is 10.2. The average Bonchev–Trinajstić information content (AvgIpc) is 2.41. The molecule has 0 fully saturated rings. The molecule has 0 radical (unpaired) electrons. The Morgan fingerprint density at radius 1 is 1.50 bits per heavy atom. The van der Waals surface area contributed by atoms with Gasteiger partial charge in [0.2, 0.25) is 0 Å². The molecule has 1 aliphatic heterocycles.